The molecule has 2 N–H and O–H groups in total. The molecule has 72 valence electrons. The lowest BCUT2D eigenvalue weighted by molar-refractivity contribution is 0.133. The van der Waals surface area contributed by atoms with E-state index in [4.69, 9.17) is 0 Å². The highest BCUT2D eigenvalue weighted by atomic mass is 16.3. The summed E-state index contributed by atoms with van der Waals surface area (Å²) in [6.07, 6.45) is 6.81. The van der Waals surface area contributed by atoms with Gasteiger partial charge >= 0.3 is 0 Å². The predicted octanol–water partition coefficient (Wildman–Crippen LogP) is 1.68. The van der Waals surface area contributed by atoms with Gasteiger partial charge in [-0.1, -0.05) is 19.8 Å². The van der Waals surface area contributed by atoms with Crippen molar-refractivity contribution in [2.45, 2.75) is 57.6 Å². The minimum Gasteiger partial charge on any atom is -0.393 e. The van der Waals surface area contributed by atoms with E-state index in [0.717, 1.165) is 25.8 Å². The van der Waals surface area contributed by atoms with Crippen LogP contribution in [0.4, 0.5) is 0 Å². The minimum atomic E-state index is -0.0781. The summed E-state index contributed by atoms with van der Waals surface area (Å²) in [5, 5.41) is 13.0. The van der Waals surface area contributed by atoms with Crippen molar-refractivity contribution in [1.29, 1.82) is 0 Å². The van der Waals surface area contributed by atoms with Crippen LogP contribution in [-0.2, 0) is 0 Å². The molecular weight excluding hydrogens is 150 g/mol. The van der Waals surface area contributed by atoms with Crippen molar-refractivity contribution in [1.82, 2.24) is 5.32 Å². The Morgan fingerprint density at radius 3 is 2.92 bits per heavy atom. The Balaban J connectivity index is 2.11. The van der Waals surface area contributed by atoms with Gasteiger partial charge in [0.2, 0.25) is 0 Å². The molecule has 1 aliphatic rings. The number of hydrogen-bond acceptors (Lipinski definition) is 2. The topological polar surface area (TPSA) is 32.3 Å². The van der Waals surface area contributed by atoms with Gasteiger partial charge in [-0.15, -0.1) is 0 Å². The number of hydrogen-bond donors (Lipinski definition) is 2. The van der Waals surface area contributed by atoms with E-state index < -0.39 is 0 Å². The fraction of sp³-hybridized carbons (Fsp3) is 1.00. The molecule has 0 bridgehead atoms. The Hall–Kier alpha value is -0.0800. The number of piperidine rings is 1. The molecule has 1 rings (SSSR count). The second kappa shape index (κ2) is 5.55. The standard InChI is InChI=1S/C10H21NO/c1-2-5-10(12)8-9-6-3-4-7-11-9/h9-12H,2-8H2,1H3. The van der Waals surface area contributed by atoms with E-state index in [9.17, 15) is 5.11 Å². The van der Waals surface area contributed by atoms with E-state index in [-0.39, 0.29) is 6.10 Å². The van der Waals surface area contributed by atoms with E-state index in [1.807, 2.05) is 0 Å². The number of aliphatic hydroxyl groups excluding tert-OH is 1. The van der Waals surface area contributed by atoms with Gasteiger partial charge in [-0.2, -0.15) is 0 Å². The maximum Gasteiger partial charge on any atom is 0.0555 e. The van der Waals surface area contributed by atoms with Gasteiger partial charge in [-0.05, 0) is 32.2 Å². The van der Waals surface area contributed by atoms with E-state index in [1.165, 1.54) is 19.3 Å². The first-order valence-electron chi connectivity index (χ1n) is 5.24. The third kappa shape index (κ3) is 3.55. The highest BCUT2D eigenvalue weighted by Crippen LogP contribution is 2.13. The van der Waals surface area contributed by atoms with Crippen molar-refractivity contribution in [3.05, 3.63) is 0 Å². The maximum absolute atomic E-state index is 9.56. The van der Waals surface area contributed by atoms with Gasteiger partial charge in [0.25, 0.3) is 0 Å². The van der Waals surface area contributed by atoms with Crippen LogP contribution in [-0.4, -0.2) is 23.8 Å². The summed E-state index contributed by atoms with van der Waals surface area (Å²) in [7, 11) is 0. The molecule has 0 aromatic heterocycles. The van der Waals surface area contributed by atoms with Crippen LogP contribution >= 0.6 is 0 Å². The molecule has 2 atom stereocenters. The Morgan fingerprint density at radius 1 is 1.50 bits per heavy atom. The zero-order valence-electron chi connectivity index (χ0n) is 8.05. The summed E-state index contributed by atoms with van der Waals surface area (Å²) in [6, 6.07) is 0.584. The Bertz CT molecular complexity index is 110. The predicted molar refractivity (Wildman–Crippen MR) is 51.2 cm³/mol. The molecule has 1 saturated heterocycles. The summed E-state index contributed by atoms with van der Waals surface area (Å²) in [5.74, 6) is 0. The second-order valence-electron chi connectivity index (χ2n) is 3.83. The molecular formula is C10H21NO. The van der Waals surface area contributed by atoms with Gasteiger partial charge in [0.1, 0.15) is 0 Å². The summed E-state index contributed by atoms with van der Waals surface area (Å²) in [5.41, 5.74) is 0. The normalized spacial score (nSPS) is 27.0. The van der Waals surface area contributed by atoms with Crippen molar-refractivity contribution >= 4 is 0 Å². The Labute approximate surface area is 75.4 Å². The number of aliphatic hydroxyl groups is 1. The first-order chi connectivity index (χ1) is 5.83. The monoisotopic (exact) mass is 171 g/mol. The SMILES string of the molecule is CCCC(O)CC1CCCCN1. The van der Waals surface area contributed by atoms with E-state index in [2.05, 4.69) is 12.2 Å². The molecule has 1 fully saturated rings. The van der Waals surface area contributed by atoms with Crippen LogP contribution in [0.15, 0.2) is 0 Å². The van der Waals surface area contributed by atoms with Crippen LogP contribution in [0.2, 0.25) is 0 Å². The molecule has 2 nitrogen and oxygen atoms in total. The summed E-state index contributed by atoms with van der Waals surface area (Å²) in [6.45, 7) is 3.26. The van der Waals surface area contributed by atoms with Crippen molar-refractivity contribution < 1.29 is 5.11 Å². The molecule has 1 aliphatic heterocycles. The Kier molecular flexibility index (Phi) is 4.62. The van der Waals surface area contributed by atoms with Crippen LogP contribution in [0.1, 0.15) is 45.4 Å². The van der Waals surface area contributed by atoms with E-state index in [0.29, 0.717) is 6.04 Å². The number of nitrogens with one attached hydrogen (secondary N) is 1. The highest BCUT2D eigenvalue weighted by Gasteiger charge is 2.15. The van der Waals surface area contributed by atoms with Gasteiger partial charge in [-0.3, -0.25) is 0 Å². The van der Waals surface area contributed by atoms with Gasteiger partial charge in [0.05, 0.1) is 6.10 Å². The average molecular weight is 171 g/mol. The third-order valence-corrected chi connectivity index (χ3v) is 2.59. The highest BCUT2D eigenvalue weighted by molar-refractivity contribution is 4.74. The zero-order valence-corrected chi connectivity index (χ0v) is 8.05. The summed E-state index contributed by atoms with van der Waals surface area (Å²) >= 11 is 0. The molecule has 2 unspecified atom stereocenters. The van der Waals surface area contributed by atoms with E-state index >= 15 is 0 Å². The van der Waals surface area contributed by atoms with Crippen molar-refractivity contribution in [2.24, 2.45) is 0 Å². The second-order valence-corrected chi connectivity index (χ2v) is 3.83. The fourth-order valence-corrected chi connectivity index (χ4v) is 1.90. The summed E-state index contributed by atoms with van der Waals surface area (Å²) < 4.78 is 0. The molecule has 0 aliphatic carbocycles. The molecule has 0 spiro atoms. The summed E-state index contributed by atoms with van der Waals surface area (Å²) in [4.78, 5) is 0. The van der Waals surface area contributed by atoms with Crippen molar-refractivity contribution in [2.75, 3.05) is 6.54 Å². The fourth-order valence-electron chi connectivity index (χ4n) is 1.90. The largest absolute Gasteiger partial charge is 0.393 e. The molecule has 0 radical (unpaired) electrons. The third-order valence-electron chi connectivity index (χ3n) is 2.59. The zero-order chi connectivity index (χ0) is 8.81. The van der Waals surface area contributed by atoms with Crippen molar-refractivity contribution in [3.63, 3.8) is 0 Å². The molecule has 2 heteroatoms. The lowest BCUT2D eigenvalue weighted by Crippen LogP contribution is -2.36. The quantitative estimate of drug-likeness (QED) is 0.674. The van der Waals surface area contributed by atoms with Crippen LogP contribution in [0.25, 0.3) is 0 Å². The smallest absolute Gasteiger partial charge is 0.0555 e. The van der Waals surface area contributed by atoms with Crippen LogP contribution in [0, 0.1) is 0 Å². The maximum atomic E-state index is 9.56. The lowest BCUT2D eigenvalue weighted by atomic mass is 9.98. The molecule has 1 heterocycles. The average Bonchev–Trinajstić information content (AvgIpc) is 2.06. The molecule has 0 aromatic rings. The molecule has 0 amide bonds. The van der Waals surface area contributed by atoms with Gasteiger partial charge in [0.15, 0.2) is 0 Å². The van der Waals surface area contributed by atoms with Crippen LogP contribution in [0.3, 0.4) is 0 Å². The minimum absolute atomic E-state index is 0.0781. The number of rotatable bonds is 4. The lowest BCUT2D eigenvalue weighted by Gasteiger charge is -2.25. The van der Waals surface area contributed by atoms with Crippen LogP contribution < -0.4 is 5.32 Å². The first-order valence-corrected chi connectivity index (χ1v) is 5.24. The Morgan fingerprint density at radius 2 is 2.33 bits per heavy atom. The van der Waals surface area contributed by atoms with Gasteiger partial charge in [0, 0.05) is 6.04 Å². The van der Waals surface area contributed by atoms with Gasteiger partial charge < -0.3 is 10.4 Å². The molecule has 12 heavy (non-hydrogen) atoms. The first kappa shape index (κ1) is 10.0. The van der Waals surface area contributed by atoms with E-state index in [1.54, 1.807) is 0 Å². The molecule has 0 aromatic carbocycles. The molecule has 0 saturated carbocycles. The van der Waals surface area contributed by atoms with Gasteiger partial charge in [-0.25, -0.2) is 0 Å². The van der Waals surface area contributed by atoms with Crippen LogP contribution in [0.5, 0.6) is 0 Å². The van der Waals surface area contributed by atoms with Crippen molar-refractivity contribution in [3.8, 4) is 0 Å².